The van der Waals surface area contributed by atoms with Gasteiger partial charge in [0.2, 0.25) is 0 Å². The van der Waals surface area contributed by atoms with E-state index in [9.17, 15) is 0 Å². The lowest BCUT2D eigenvalue weighted by Gasteiger charge is -2.01. The normalized spacial score (nSPS) is 17.6. The molecule has 2 N–H and O–H groups in total. The van der Waals surface area contributed by atoms with E-state index in [1.54, 1.807) is 17.5 Å². The molecule has 1 saturated carbocycles. The van der Waals surface area contributed by atoms with E-state index >= 15 is 0 Å². The van der Waals surface area contributed by atoms with E-state index in [1.807, 2.05) is 6.92 Å². The van der Waals surface area contributed by atoms with Gasteiger partial charge in [0, 0.05) is 0 Å². The van der Waals surface area contributed by atoms with E-state index in [0.29, 0.717) is 17.6 Å². The van der Waals surface area contributed by atoms with Crippen molar-refractivity contribution in [2.24, 2.45) is 11.7 Å². The monoisotopic (exact) mass is 236 g/mol. The molecule has 1 aliphatic rings. The van der Waals surface area contributed by atoms with Crippen LogP contribution in [-0.4, -0.2) is 15.1 Å². The summed E-state index contributed by atoms with van der Waals surface area (Å²) in [5, 5.41) is 4.92. The fourth-order valence-corrected chi connectivity index (χ4v) is 2.30. The minimum absolute atomic E-state index is 0.0773. The Morgan fingerprint density at radius 2 is 2.38 bits per heavy atom. The first-order chi connectivity index (χ1) is 7.74. The molecule has 1 aliphatic carbocycles. The first-order valence-electron chi connectivity index (χ1n) is 5.26. The van der Waals surface area contributed by atoms with Crippen LogP contribution in [0.25, 0.3) is 10.8 Å². The summed E-state index contributed by atoms with van der Waals surface area (Å²) in [7, 11) is 0. The van der Waals surface area contributed by atoms with E-state index in [4.69, 9.17) is 10.3 Å². The predicted octanol–water partition coefficient (Wildman–Crippen LogP) is 1.91. The Morgan fingerprint density at radius 1 is 1.56 bits per heavy atom. The van der Waals surface area contributed by atoms with Crippen molar-refractivity contribution in [1.29, 1.82) is 0 Å². The molecule has 0 amide bonds. The average Bonchev–Trinajstić information content (AvgIpc) is 2.84. The summed E-state index contributed by atoms with van der Waals surface area (Å²) in [6, 6.07) is -0.0773. The third-order valence-corrected chi connectivity index (χ3v) is 3.60. The van der Waals surface area contributed by atoms with Crippen LogP contribution in [0.5, 0.6) is 0 Å². The maximum atomic E-state index is 6.00. The Hall–Kier alpha value is -1.27. The number of nitrogens with zero attached hydrogens (tertiary/aromatic N) is 3. The third-order valence-electron chi connectivity index (χ3n) is 2.70. The largest absolute Gasteiger partial charge is 0.333 e. The van der Waals surface area contributed by atoms with E-state index in [2.05, 4.69) is 15.1 Å². The fraction of sp³-hybridized carbons (Fsp3) is 0.500. The van der Waals surface area contributed by atoms with Crippen molar-refractivity contribution in [2.45, 2.75) is 25.8 Å². The van der Waals surface area contributed by atoms with Gasteiger partial charge in [0.15, 0.2) is 5.82 Å². The molecule has 6 heteroatoms. The molecule has 0 saturated heterocycles. The number of rotatable bonds is 3. The number of hydrogen-bond donors (Lipinski definition) is 1. The Labute approximate surface area is 96.7 Å². The van der Waals surface area contributed by atoms with Crippen molar-refractivity contribution >= 4 is 11.3 Å². The first kappa shape index (κ1) is 9.92. The second kappa shape index (κ2) is 3.64. The van der Waals surface area contributed by atoms with Crippen LogP contribution < -0.4 is 5.73 Å². The molecule has 0 spiro atoms. The summed E-state index contributed by atoms with van der Waals surface area (Å²) in [6.07, 6.45) is 4.09. The quantitative estimate of drug-likeness (QED) is 0.880. The van der Waals surface area contributed by atoms with Gasteiger partial charge in [0.1, 0.15) is 4.88 Å². The minimum atomic E-state index is -0.0773. The lowest BCUT2D eigenvalue weighted by molar-refractivity contribution is 0.412. The molecule has 0 bridgehead atoms. The van der Waals surface area contributed by atoms with Crippen molar-refractivity contribution < 1.29 is 4.52 Å². The summed E-state index contributed by atoms with van der Waals surface area (Å²) in [6.45, 7) is 1.95. The molecule has 2 aromatic rings. The molecule has 2 aromatic heterocycles. The zero-order chi connectivity index (χ0) is 11.1. The molecular weight excluding hydrogens is 224 g/mol. The summed E-state index contributed by atoms with van der Waals surface area (Å²) in [5.41, 5.74) is 6.00. The van der Waals surface area contributed by atoms with Crippen molar-refractivity contribution in [3.05, 3.63) is 17.0 Å². The molecule has 84 valence electrons. The minimum Gasteiger partial charge on any atom is -0.333 e. The van der Waals surface area contributed by atoms with Crippen LogP contribution in [0.3, 0.4) is 0 Å². The van der Waals surface area contributed by atoms with Gasteiger partial charge in [0.25, 0.3) is 5.89 Å². The third kappa shape index (κ3) is 1.74. The average molecular weight is 236 g/mol. The van der Waals surface area contributed by atoms with Gasteiger partial charge < -0.3 is 10.3 Å². The number of aryl methyl sites for hydroxylation is 1. The summed E-state index contributed by atoms with van der Waals surface area (Å²) < 4.78 is 5.19. The molecule has 0 aromatic carbocycles. The van der Waals surface area contributed by atoms with Crippen molar-refractivity contribution in [3.8, 4) is 10.8 Å². The molecule has 5 nitrogen and oxygen atoms in total. The van der Waals surface area contributed by atoms with E-state index < -0.39 is 0 Å². The number of aromatic nitrogens is 3. The maximum Gasteiger partial charge on any atom is 0.269 e. The molecule has 1 unspecified atom stereocenters. The Kier molecular flexibility index (Phi) is 2.26. The van der Waals surface area contributed by atoms with Crippen molar-refractivity contribution in [2.75, 3.05) is 0 Å². The molecule has 2 heterocycles. The van der Waals surface area contributed by atoms with Gasteiger partial charge in [-0.1, -0.05) is 5.16 Å². The summed E-state index contributed by atoms with van der Waals surface area (Å²) >= 11 is 1.54. The molecule has 16 heavy (non-hydrogen) atoms. The Morgan fingerprint density at radius 3 is 3.00 bits per heavy atom. The van der Waals surface area contributed by atoms with E-state index in [1.165, 1.54) is 12.8 Å². The highest BCUT2D eigenvalue weighted by atomic mass is 32.1. The molecule has 1 fully saturated rings. The molecular formula is C10H12N4OS. The second-order valence-corrected chi connectivity index (χ2v) is 5.30. The number of nitrogens with two attached hydrogens (primary N) is 1. The molecule has 0 radical (unpaired) electrons. The van der Waals surface area contributed by atoms with Gasteiger partial charge in [-0.2, -0.15) is 4.98 Å². The SMILES string of the molecule is Cc1ncc(-c2nc(C(N)C3CC3)no2)s1. The Bertz CT molecular complexity index is 502. The van der Waals surface area contributed by atoms with E-state index in [0.717, 1.165) is 9.88 Å². The van der Waals surface area contributed by atoms with Crippen LogP contribution in [0.15, 0.2) is 10.7 Å². The zero-order valence-electron chi connectivity index (χ0n) is 8.88. The molecule has 3 rings (SSSR count). The van der Waals surface area contributed by atoms with Gasteiger partial charge in [-0.25, -0.2) is 4.98 Å². The van der Waals surface area contributed by atoms with Crippen LogP contribution in [-0.2, 0) is 0 Å². The van der Waals surface area contributed by atoms with Crippen molar-refractivity contribution in [1.82, 2.24) is 15.1 Å². The highest BCUT2D eigenvalue weighted by Crippen LogP contribution is 2.38. The van der Waals surface area contributed by atoms with Crippen LogP contribution in [0, 0.1) is 12.8 Å². The zero-order valence-corrected chi connectivity index (χ0v) is 9.70. The Balaban J connectivity index is 1.86. The molecule has 1 atom stereocenters. The second-order valence-electron chi connectivity index (χ2n) is 4.06. The first-order valence-corrected chi connectivity index (χ1v) is 6.07. The van der Waals surface area contributed by atoms with E-state index in [-0.39, 0.29) is 6.04 Å². The lowest BCUT2D eigenvalue weighted by Crippen LogP contribution is -2.13. The topological polar surface area (TPSA) is 77.8 Å². The number of thiazole rings is 1. The standard InChI is InChI=1S/C10H12N4OS/c1-5-12-4-7(16-5)10-13-9(14-15-10)8(11)6-2-3-6/h4,6,8H,2-3,11H2,1H3. The maximum absolute atomic E-state index is 6.00. The van der Waals surface area contributed by atoms with Gasteiger partial charge in [-0.05, 0) is 25.7 Å². The van der Waals surface area contributed by atoms with Gasteiger partial charge >= 0.3 is 0 Å². The van der Waals surface area contributed by atoms with Gasteiger partial charge in [-0.3, -0.25) is 0 Å². The fourth-order valence-electron chi connectivity index (χ4n) is 1.60. The van der Waals surface area contributed by atoms with Crippen molar-refractivity contribution in [3.63, 3.8) is 0 Å². The predicted molar refractivity (Wildman–Crippen MR) is 59.8 cm³/mol. The summed E-state index contributed by atoms with van der Waals surface area (Å²) in [4.78, 5) is 9.38. The smallest absolute Gasteiger partial charge is 0.269 e. The van der Waals surface area contributed by atoms with Crippen LogP contribution >= 0.6 is 11.3 Å². The summed E-state index contributed by atoms with van der Waals surface area (Å²) in [5.74, 6) is 1.67. The lowest BCUT2D eigenvalue weighted by atomic mass is 10.2. The van der Waals surface area contributed by atoms with Crippen LogP contribution in [0.4, 0.5) is 0 Å². The number of hydrogen-bond acceptors (Lipinski definition) is 6. The van der Waals surface area contributed by atoms with Gasteiger partial charge in [-0.15, -0.1) is 11.3 Å². The van der Waals surface area contributed by atoms with Crippen LogP contribution in [0.2, 0.25) is 0 Å². The van der Waals surface area contributed by atoms with Gasteiger partial charge in [0.05, 0.1) is 17.2 Å². The highest BCUT2D eigenvalue weighted by Gasteiger charge is 2.32. The molecule has 0 aliphatic heterocycles. The highest BCUT2D eigenvalue weighted by molar-refractivity contribution is 7.14. The van der Waals surface area contributed by atoms with Crippen LogP contribution in [0.1, 0.15) is 29.7 Å².